The van der Waals surface area contributed by atoms with E-state index in [2.05, 4.69) is 30.3 Å². The molecule has 1 saturated heterocycles. The van der Waals surface area contributed by atoms with Crippen LogP contribution in [0.15, 0.2) is 30.3 Å². The van der Waals surface area contributed by atoms with E-state index < -0.39 is 0 Å². The highest BCUT2D eigenvalue weighted by Gasteiger charge is 2.30. The smallest absolute Gasteiger partial charge is 0.0609 e. The van der Waals surface area contributed by atoms with E-state index in [0.717, 1.165) is 18.4 Å². The highest BCUT2D eigenvalue weighted by molar-refractivity contribution is 5.20. The first kappa shape index (κ1) is 12.2. The van der Waals surface area contributed by atoms with Gasteiger partial charge in [-0.2, -0.15) is 0 Å². The number of benzene rings is 1. The summed E-state index contributed by atoms with van der Waals surface area (Å²) < 4.78 is 6.07. The number of hydrogen-bond acceptors (Lipinski definition) is 1. The van der Waals surface area contributed by atoms with Crippen LogP contribution in [0.4, 0.5) is 0 Å². The minimum Gasteiger partial charge on any atom is -0.378 e. The third-order valence-electron chi connectivity index (χ3n) is 4.76. The number of rotatable bonds is 2. The van der Waals surface area contributed by atoms with Crippen molar-refractivity contribution >= 4 is 0 Å². The third kappa shape index (κ3) is 2.77. The van der Waals surface area contributed by atoms with Gasteiger partial charge in [-0.3, -0.25) is 0 Å². The normalized spacial score (nSPS) is 30.2. The van der Waals surface area contributed by atoms with Crippen LogP contribution in [0.1, 0.15) is 56.4 Å². The molecule has 1 saturated carbocycles. The van der Waals surface area contributed by atoms with Crippen LogP contribution in [0.25, 0.3) is 0 Å². The van der Waals surface area contributed by atoms with Crippen LogP contribution in [0, 0.1) is 5.92 Å². The monoisotopic (exact) mass is 244 g/mol. The van der Waals surface area contributed by atoms with Gasteiger partial charge in [-0.15, -0.1) is 0 Å². The van der Waals surface area contributed by atoms with Gasteiger partial charge in [0.05, 0.1) is 6.10 Å². The van der Waals surface area contributed by atoms with E-state index in [4.69, 9.17) is 4.74 Å². The molecule has 0 radical (unpaired) electrons. The molecule has 2 aliphatic rings. The van der Waals surface area contributed by atoms with E-state index in [1.807, 2.05) is 0 Å². The van der Waals surface area contributed by atoms with Crippen LogP contribution in [0.2, 0.25) is 0 Å². The summed E-state index contributed by atoms with van der Waals surface area (Å²) in [6.45, 7) is 0.959. The summed E-state index contributed by atoms with van der Waals surface area (Å²) in [5.41, 5.74) is 1.52. The van der Waals surface area contributed by atoms with E-state index >= 15 is 0 Å². The minimum atomic E-state index is 0.532. The molecule has 0 N–H and O–H groups in total. The summed E-state index contributed by atoms with van der Waals surface area (Å²) >= 11 is 0. The third-order valence-corrected chi connectivity index (χ3v) is 4.76. The predicted octanol–water partition coefficient (Wildman–Crippen LogP) is 4.53. The van der Waals surface area contributed by atoms with E-state index in [1.165, 1.54) is 50.5 Å². The van der Waals surface area contributed by atoms with Crippen LogP contribution in [-0.2, 0) is 4.74 Å². The van der Waals surface area contributed by atoms with Crippen LogP contribution in [0.3, 0.4) is 0 Å². The van der Waals surface area contributed by atoms with Crippen molar-refractivity contribution < 1.29 is 4.74 Å². The summed E-state index contributed by atoms with van der Waals surface area (Å²) in [7, 11) is 0. The lowest BCUT2D eigenvalue weighted by Crippen LogP contribution is -2.32. The fourth-order valence-electron chi connectivity index (χ4n) is 3.69. The first-order valence-electron chi connectivity index (χ1n) is 7.60. The first-order valence-corrected chi connectivity index (χ1v) is 7.60. The van der Waals surface area contributed by atoms with Gasteiger partial charge in [0.2, 0.25) is 0 Å². The lowest BCUT2D eigenvalue weighted by Gasteiger charge is -2.36. The van der Waals surface area contributed by atoms with Gasteiger partial charge in [-0.25, -0.2) is 0 Å². The van der Waals surface area contributed by atoms with Gasteiger partial charge in [0.1, 0.15) is 0 Å². The maximum atomic E-state index is 6.07. The topological polar surface area (TPSA) is 9.23 Å². The Morgan fingerprint density at radius 3 is 2.44 bits per heavy atom. The van der Waals surface area contributed by atoms with Gasteiger partial charge in [0.25, 0.3) is 0 Å². The van der Waals surface area contributed by atoms with Crippen molar-refractivity contribution in [3.05, 3.63) is 35.9 Å². The summed E-state index contributed by atoms with van der Waals surface area (Å²) in [6.07, 6.45) is 10.0. The second kappa shape index (κ2) is 5.88. The molecule has 18 heavy (non-hydrogen) atoms. The van der Waals surface area contributed by atoms with Crippen molar-refractivity contribution in [3.8, 4) is 0 Å². The highest BCUT2D eigenvalue weighted by atomic mass is 16.5. The zero-order valence-corrected chi connectivity index (χ0v) is 11.2. The maximum Gasteiger partial charge on any atom is 0.0609 e. The summed E-state index contributed by atoms with van der Waals surface area (Å²) in [5, 5.41) is 0. The van der Waals surface area contributed by atoms with Crippen molar-refractivity contribution in [2.24, 2.45) is 5.92 Å². The van der Waals surface area contributed by atoms with Crippen molar-refractivity contribution in [3.63, 3.8) is 0 Å². The molecule has 1 aliphatic heterocycles. The van der Waals surface area contributed by atoms with E-state index in [-0.39, 0.29) is 0 Å². The average Bonchev–Trinajstić information content (AvgIpc) is 2.49. The quantitative estimate of drug-likeness (QED) is 0.742. The van der Waals surface area contributed by atoms with E-state index in [0.29, 0.717) is 6.10 Å². The van der Waals surface area contributed by atoms with Crippen molar-refractivity contribution in [2.45, 2.75) is 57.0 Å². The molecule has 2 atom stereocenters. The molecule has 1 heteroatoms. The van der Waals surface area contributed by atoms with Crippen LogP contribution < -0.4 is 0 Å². The lowest BCUT2D eigenvalue weighted by atomic mass is 9.78. The summed E-state index contributed by atoms with van der Waals surface area (Å²) in [5.74, 6) is 1.57. The minimum absolute atomic E-state index is 0.532. The molecule has 0 spiro atoms. The van der Waals surface area contributed by atoms with Crippen molar-refractivity contribution in [2.75, 3.05) is 6.61 Å². The molecule has 1 heterocycles. The molecule has 0 unspecified atom stereocenters. The first-order chi connectivity index (χ1) is 8.93. The predicted molar refractivity (Wildman–Crippen MR) is 74.7 cm³/mol. The van der Waals surface area contributed by atoms with Crippen LogP contribution in [-0.4, -0.2) is 12.7 Å². The molecule has 2 fully saturated rings. The van der Waals surface area contributed by atoms with Crippen LogP contribution in [0.5, 0.6) is 0 Å². The van der Waals surface area contributed by atoms with Gasteiger partial charge in [0, 0.05) is 6.61 Å². The Balaban J connectivity index is 1.64. The Labute approximate surface area is 111 Å². The zero-order valence-electron chi connectivity index (χ0n) is 11.2. The standard InChI is InChI=1S/C17H24O/c1-3-7-14(8-4-1)16-11-12-18-17(13-16)15-9-5-2-6-10-15/h1,3-4,7-8,15-17H,2,5-6,9-13H2/t16-,17+/m0/s1. The molecule has 1 nitrogen and oxygen atoms in total. The fraction of sp³-hybridized carbons (Fsp3) is 0.647. The Kier molecular flexibility index (Phi) is 3.99. The Morgan fingerprint density at radius 1 is 0.889 bits per heavy atom. The van der Waals surface area contributed by atoms with Gasteiger partial charge in [-0.05, 0) is 43.1 Å². The van der Waals surface area contributed by atoms with Gasteiger partial charge in [0.15, 0.2) is 0 Å². The average molecular weight is 244 g/mol. The SMILES string of the molecule is c1ccc([C@H]2CCO[C@@H](C3CCCCC3)C2)cc1. The number of hydrogen-bond donors (Lipinski definition) is 0. The van der Waals surface area contributed by atoms with E-state index in [9.17, 15) is 0 Å². The van der Waals surface area contributed by atoms with Crippen molar-refractivity contribution in [1.29, 1.82) is 0 Å². The molecule has 0 aromatic heterocycles. The van der Waals surface area contributed by atoms with Crippen LogP contribution >= 0.6 is 0 Å². The molecular weight excluding hydrogens is 220 g/mol. The summed E-state index contributed by atoms with van der Waals surface area (Å²) in [4.78, 5) is 0. The molecule has 1 aromatic carbocycles. The fourth-order valence-corrected chi connectivity index (χ4v) is 3.69. The van der Waals surface area contributed by atoms with Crippen molar-refractivity contribution in [1.82, 2.24) is 0 Å². The molecule has 0 bridgehead atoms. The molecular formula is C17H24O. The summed E-state index contributed by atoms with van der Waals surface area (Å²) in [6, 6.07) is 11.0. The molecule has 3 rings (SSSR count). The highest BCUT2D eigenvalue weighted by Crippen LogP contribution is 2.37. The second-order valence-electron chi connectivity index (χ2n) is 5.94. The van der Waals surface area contributed by atoms with Gasteiger partial charge in [-0.1, -0.05) is 49.6 Å². The molecule has 1 aromatic rings. The Morgan fingerprint density at radius 2 is 1.67 bits per heavy atom. The Hall–Kier alpha value is -0.820. The zero-order chi connectivity index (χ0) is 12.2. The van der Waals surface area contributed by atoms with Gasteiger partial charge >= 0.3 is 0 Å². The molecule has 0 amide bonds. The Bertz CT molecular complexity index is 353. The molecule has 98 valence electrons. The largest absolute Gasteiger partial charge is 0.378 e. The molecule has 1 aliphatic carbocycles. The second-order valence-corrected chi connectivity index (χ2v) is 5.94. The maximum absolute atomic E-state index is 6.07. The van der Waals surface area contributed by atoms with Gasteiger partial charge < -0.3 is 4.74 Å². The lowest BCUT2D eigenvalue weighted by molar-refractivity contribution is -0.0380. The van der Waals surface area contributed by atoms with E-state index in [1.54, 1.807) is 0 Å². The number of ether oxygens (including phenoxy) is 1.